The summed E-state index contributed by atoms with van der Waals surface area (Å²) in [6.45, 7) is 4.66. The van der Waals surface area contributed by atoms with Crippen LogP contribution in [0.1, 0.15) is 19.3 Å². The molecule has 86 valence electrons. The highest BCUT2D eigenvalue weighted by Crippen LogP contribution is 2.35. The minimum Gasteiger partial charge on any atom is -0.373 e. The van der Waals surface area contributed by atoms with Gasteiger partial charge in [-0.2, -0.15) is 0 Å². The van der Waals surface area contributed by atoms with Gasteiger partial charge in [0, 0.05) is 31.9 Å². The molecule has 0 amide bonds. The normalized spacial score (nSPS) is 29.5. The van der Waals surface area contributed by atoms with Gasteiger partial charge in [0.15, 0.2) is 0 Å². The third-order valence-electron chi connectivity index (χ3n) is 3.94. The summed E-state index contributed by atoms with van der Waals surface area (Å²) in [5.41, 5.74) is 3.24. The first-order valence-corrected chi connectivity index (χ1v) is 6.44. The van der Waals surface area contributed by atoms with Crippen LogP contribution in [0.25, 0.3) is 0 Å². The van der Waals surface area contributed by atoms with E-state index in [9.17, 15) is 0 Å². The molecule has 0 aromatic heterocycles. The maximum atomic E-state index is 3.42. The third-order valence-corrected chi connectivity index (χ3v) is 3.94. The van der Waals surface area contributed by atoms with Crippen molar-refractivity contribution in [3.63, 3.8) is 0 Å². The molecule has 2 aliphatic carbocycles. The Balaban J connectivity index is 1.71. The number of hydrogen-bond acceptors (Lipinski definition) is 2. The number of hydrogen-bond donors (Lipinski definition) is 1. The topological polar surface area (TPSA) is 15.3 Å². The number of nitrogens with zero attached hydrogens (tertiary/aromatic N) is 1. The van der Waals surface area contributed by atoms with Gasteiger partial charge in [-0.25, -0.2) is 0 Å². The summed E-state index contributed by atoms with van der Waals surface area (Å²) in [6.07, 6.45) is 13.0. The molecule has 2 nitrogen and oxygen atoms in total. The van der Waals surface area contributed by atoms with E-state index in [0.29, 0.717) is 0 Å². The minimum absolute atomic E-state index is 0.792. The Labute approximate surface area is 97.7 Å². The van der Waals surface area contributed by atoms with Gasteiger partial charge in [-0.15, -0.1) is 0 Å². The van der Waals surface area contributed by atoms with Gasteiger partial charge in [0.25, 0.3) is 0 Å². The van der Waals surface area contributed by atoms with Gasteiger partial charge in [0.05, 0.1) is 0 Å². The first kappa shape index (κ1) is 10.2. The van der Waals surface area contributed by atoms with Gasteiger partial charge < -0.3 is 10.2 Å². The van der Waals surface area contributed by atoms with E-state index in [4.69, 9.17) is 0 Å². The fourth-order valence-electron chi connectivity index (χ4n) is 2.95. The summed E-state index contributed by atoms with van der Waals surface area (Å²) in [7, 11) is 0. The zero-order chi connectivity index (χ0) is 10.8. The summed E-state index contributed by atoms with van der Waals surface area (Å²) in [4.78, 5) is 2.58. The van der Waals surface area contributed by atoms with Crippen LogP contribution >= 0.6 is 0 Å². The molecular weight excluding hydrogens is 196 g/mol. The van der Waals surface area contributed by atoms with Gasteiger partial charge >= 0.3 is 0 Å². The average molecular weight is 216 g/mol. The highest BCUT2D eigenvalue weighted by Gasteiger charge is 2.23. The van der Waals surface area contributed by atoms with Crippen LogP contribution in [0.5, 0.6) is 0 Å². The largest absolute Gasteiger partial charge is 0.373 e. The lowest BCUT2D eigenvalue weighted by molar-refractivity contribution is 0.277. The maximum Gasteiger partial charge on any atom is 0.0300 e. The summed E-state index contributed by atoms with van der Waals surface area (Å²) < 4.78 is 0. The van der Waals surface area contributed by atoms with Crippen molar-refractivity contribution in [3.05, 3.63) is 35.6 Å². The van der Waals surface area contributed by atoms with Gasteiger partial charge in [0.2, 0.25) is 0 Å². The highest BCUT2D eigenvalue weighted by atomic mass is 15.2. The molecule has 2 heteroatoms. The van der Waals surface area contributed by atoms with Crippen molar-refractivity contribution in [2.24, 2.45) is 5.92 Å². The van der Waals surface area contributed by atoms with E-state index in [1.165, 1.54) is 32.4 Å². The second kappa shape index (κ2) is 4.46. The molecule has 0 radical (unpaired) electrons. The quantitative estimate of drug-likeness (QED) is 0.722. The number of rotatable bonds is 1. The smallest absolute Gasteiger partial charge is 0.0300 e. The molecule has 0 bridgehead atoms. The van der Waals surface area contributed by atoms with Crippen molar-refractivity contribution >= 4 is 0 Å². The van der Waals surface area contributed by atoms with Crippen molar-refractivity contribution in [2.75, 3.05) is 26.2 Å². The van der Waals surface area contributed by atoms with E-state index in [0.717, 1.165) is 19.0 Å². The van der Waals surface area contributed by atoms with Crippen LogP contribution in [0.3, 0.4) is 0 Å². The molecule has 1 unspecified atom stereocenters. The predicted molar refractivity (Wildman–Crippen MR) is 67.1 cm³/mol. The lowest BCUT2D eigenvalue weighted by atomic mass is 9.81. The summed E-state index contributed by atoms with van der Waals surface area (Å²) in [5.74, 6) is 0.792. The Morgan fingerprint density at radius 2 is 2.12 bits per heavy atom. The van der Waals surface area contributed by atoms with Gasteiger partial charge in [-0.1, -0.05) is 29.9 Å². The summed E-state index contributed by atoms with van der Waals surface area (Å²) >= 11 is 0. The predicted octanol–water partition coefficient (Wildman–Crippen LogP) is 2.07. The summed E-state index contributed by atoms with van der Waals surface area (Å²) in [5, 5.41) is 3.42. The van der Waals surface area contributed by atoms with E-state index >= 15 is 0 Å². The SMILES string of the molecule is C1=CCC2CC(N3CCNCC3)=CCC2=C1. The molecular formula is C14H20N2. The van der Waals surface area contributed by atoms with E-state index in [1.54, 1.807) is 11.3 Å². The molecule has 0 aromatic rings. The molecule has 1 N–H and O–H groups in total. The summed E-state index contributed by atoms with van der Waals surface area (Å²) in [6, 6.07) is 0. The van der Waals surface area contributed by atoms with Crippen molar-refractivity contribution < 1.29 is 0 Å². The molecule has 3 aliphatic rings. The van der Waals surface area contributed by atoms with Crippen LogP contribution in [0.15, 0.2) is 35.6 Å². The van der Waals surface area contributed by atoms with Gasteiger partial charge in [0.1, 0.15) is 0 Å². The van der Waals surface area contributed by atoms with E-state index in [1.807, 2.05) is 0 Å². The maximum absolute atomic E-state index is 3.42. The molecule has 3 rings (SSSR count). The highest BCUT2D eigenvalue weighted by molar-refractivity contribution is 5.29. The Bertz CT molecular complexity index is 346. The molecule has 0 aromatic carbocycles. The average Bonchev–Trinajstić information content (AvgIpc) is 2.39. The van der Waals surface area contributed by atoms with Crippen LogP contribution in [-0.4, -0.2) is 31.1 Å². The fraction of sp³-hybridized carbons (Fsp3) is 0.571. The van der Waals surface area contributed by atoms with E-state index in [2.05, 4.69) is 34.5 Å². The molecule has 1 saturated heterocycles. The van der Waals surface area contributed by atoms with Crippen LogP contribution in [0.2, 0.25) is 0 Å². The third kappa shape index (κ3) is 1.94. The van der Waals surface area contributed by atoms with Gasteiger partial charge in [-0.3, -0.25) is 0 Å². The van der Waals surface area contributed by atoms with Crippen LogP contribution in [-0.2, 0) is 0 Å². The lowest BCUT2D eigenvalue weighted by Crippen LogP contribution is -2.43. The molecule has 1 aliphatic heterocycles. The Kier molecular flexibility index (Phi) is 2.83. The first-order valence-electron chi connectivity index (χ1n) is 6.44. The van der Waals surface area contributed by atoms with Crippen molar-refractivity contribution in [2.45, 2.75) is 19.3 Å². The number of fused-ring (bicyclic) bond motifs is 1. The first-order chi connectivity index (χ1) is 7.93. The van der Waals surface area contributed by atoms with E-state index < -0.39 is 0 Å². The Morgan fingerprint density at radius 3 is 3.00 bits per heavy atom. The zero-order valence-electron chi connectivity index (χ0n) is 9.78. The molecule has 1 atom stereocenters. The van der Waals surface area contributed by atoms with Crippen molar-refractivity contribution in [3.8, 4) is 0 Å². The molecule has 16 heavy (non-hydrogen) atoms. The lowest BCUT2D eigenvalue weighted by Gasteiger charge is -2.36. The number of piperazine rings is 1. The van der Waals surface area contributed by atoms with E-state index in [-0.39, 0.29) is 0 Å². The fourth-order valence-corrected chi connectivity index (χ4v) is 2.95. The molecule has 1 heterocycles. The Hall–Kier alpha value is -1.02. The Morgan fingerprint density at radius 1 is 1.25 bits per heavy atom. The standard InChI is InChI=1S/C14H20N2/c1-2-4-13-11-14(6-5-12(13)3-1)16-9-7-15-8-10-16/h1-3,6,13,15H,4-5,7-11H2. The zero-order valence-corrected chi connectivity index (χ0v) is 9.78. The number of allylic oxidation sites excluding steroid dienone is 6. The van der Waals surface area contributed by atoms with Crippen LogP contribution in [0.4, 0.5) is 0 Å². The molecule has 0 saturated carbocycles. The van der Waals surface area contributed by atoms with Crippen molar-refractivity contribution in [1.29, 1.82) is 0 Å². The molecule has 0 spiro atoms. The van der Waals surface area contributed by atoms with Gasteiger partial charge in [-0.05, 0) is 25.2 Å². The number of nitrogens with one attached hydrogen (secondary N) is 1. The van der Waals surface area contributed by atoms with Crippen LogP contribution in [0, 0.1) is 5.92 Å². The second-order valence-electron chi connectivity index (χ2n) is 4.94. The monoisotopic (exact) mass is 216 g/mol. The minimum atomic E-state index is 0.792. The van der Waals surface area contributed by atoms with Crippen LogP contribution < -0.4 is 5.32 Å². The molecule has 1 fully saturated rings. The second-order valence-corrected chi connectivity index (χ2v) is 4.94. The van der Waals surface area contributed by atoms with Crippen molar-refractivity contribution in [1.82, 2.24) is 10.2 Å².